The van der Waals surface area contributed by atoms with Gasteiger partial charge in [-0.2, -0.15) is 0 Å². The van der Waals surface area contributed by atoms with E-state index in [0.29, 0.717) is 39.3 Å². The van der Waals surface area contributed by atoms with Gasteiger partial charge < -0.3 is 15.5 Å². The van der Waals surface area contributed by atoms with Crippen molar-refractivity contribution in [1.29, 1.82) is 0 Å². The maximum Gasteiger partial charge on any atom is 0.309 e. The highest BCUT2D eigenvalue weighted by Gasteiger charge is 2.26. The first-order valence-corrected chi connectivity index (χ1v) is 7.89. The largest absolute Gasteiger partial charge is 0.351 e. The molecule has 7 nitrogen and oxygen atoms in total. The molecule has 25 heavy (non-hydrogen) atoms. The number of carbonyl (C=O) groups is 3. The maximum atomic E-state index is 13.7. The van der Waals surface area contributed by atoms with Crippen LogP contribution in [0.2, 0.25) is 0 Å². The number of likely N-dealkylation sites (N-methyl/N-ethyl adjacent to an activating group) is 1. The predicted molar refractivity (Wildman–Crippen MR) is 85.8 cm³/mol. The zero-order chi connectivity index (χ0) is 18.4. The van der Waals surface area contributed by atoms with Crippen LogP contribution in [0.5, 0.6) is 0 Å². The molecule has 0 radical (unpaired) electrons. The lowest BCUT2D eigenvalue weighted by Crippen LogP contribution is -2.51. The Morgan fingerprint density at radius 1 is 1.04 bits per heavy atom. The van der Waals surface area contributed by atoms with Crippen LogP contribution in [0.25, 0.3) is 0 Å². The van der Waals surface area contributed by atoms with E-state index in [2.05, 4.69) is 10.6 Å². The van der Waals surface area contributed by atoms with Gasteiger partial charge in [-0.3, -0.25) is 19.3 Å². The molecule has 2 N–H and O–H groups in total. The molecular weight excluding hydrogens is 334 g/mol. The summed E-state index contributed by atoms with van der Waals surface area (Å²) >= 11 is 0. The fourth-order valence-electron chi connectivity index (χ4n) is 2.56. The summed E-state index contributed by atoms with van der Waals surface area (Å²) in [5.41, 5.74) is -0.534. The molecule has 1 saturated heterocycles. The van der Waals surface area contributed by atoms with Crippen molar-refractivity contribution in [2.75, 3.05) is 46.3 Å². The summed E-state index contributed by atoms with van der Waals surface area (Å²) in [4.78, 5) is 38.1. The lowest BCUT2D eigenvalue weighted by Gasteiger charge is -2.34. The molecule has 0 aromatic heterocycles. The lowest BCUT2D eigenvalue weighted by atomic mass is 10.1. The molecule has 3 amide bonds. The number of carbonyl (C=O) groups excluding carboxylic acids is 3. The molecule has 1 aromatic rings. The van der Waals surface area contributed by atoms with Crippen molar-refractivity contribution >= 4 is 17.7 Å². The van der Waals surface area contributed by atoms with Gasteiger partial charge in [-0.1, -0.05) is 6.07 Å². The molecule has 0 spiro atoms. The first-order valence-electron chi connectivity index (χ1n) is 7.89. The standard InChI is InChI=1S/C16H20F2N4O3/c1-19-14(23)15(24)20-5-6-21-7-9-22(10-8-21)16(25)13-11(17)3-2-4-12(13)18/h2-4H,5-10H2,1H3,(H,19,23)(H,20,24). The van der Waals surface area contributed by atoms with Crippen molar-refractivity contribution in [3.05, 3.63) is 35.4 Å². The van der Waals surface area contributed by atoms with E-state index in [4.69, 9.17) is 0 Å². The summed E-state index contributed by atoms with van der Waals surface area (Å²) in [5.74, 6) is -3.81. The monoisotopic (exact) mass is 354 g/mol. The Bertz CT molecular complexity index is 641. The third-order valence-corrected chi connectivity index (χ3v) is 3.98. The van der Waals surface area contributed by atoms with Gasteiger partial charge in [-0.15, -0.1) is 0 Å². The van der Waals surface area contributed by atoms with Crippen LogP contribution in [0.1, 0.15) is 10.4 Å². The Morgan fingerprint density at radius 3 is 2.20 bits per heavy atom. The summed E-state index contributed by atoms with van der Waals surface area (Å²) in [6.45, 7) is 2.49. The van der Waals surface area contributed by atoms with E-state index in [9.17, 15) is 23.2 Å². The number of amides is 3. The second-order valence-electron chi connectivity index (χ2n) is 5.57. The molecule has 1 aliphatic heterocycles. The smallest absolute Gasteiger partial charge is 0.309 e. The van der Waals surface area contributed by atoms with Crippen molar-refractivity contribution in [2.45, 2.75) is 0 Å². The number of benzene rings is 1. The van der Waals surface area contributed by atoms with Gasteiger partial charge in [0.2, 0.25) is 0 Å². The van der Waals surface area contributed by atoms with Gasteiger partial charge in [0.05, 0.1) is 0 Å². The van der Waals surface area contributed by atoms with Crippen molar-refractivity contribution in [3.8, 4) is 0 Å². The van der Waals surface area contributed by atoms with Gasteiger partial charge in [0.25, 0.3) is 5.91 Å². The van der Waals surface area contributed by atoms with Crippen LogP contribution < -0.4 is 10.6 Å². The number of piperazine rings is 1. The third kappa shape index (κ3) is 4.72. The molecule has 1 fully saturated rings. The van der Waals surface area contributed by atoms with E-state index in [1.165, 1.54) is 18.0 Å². The van der Waals surface area contributed by atoms with Crippen molar-refractivity contribution in [1.82, 2.24) is 20.4 Å². The molecule has 0 atom stereocenters. The number of nitrogens with zero attached hydrogens (tertiary/aromatic N) is 2. The Morgan fingerprint density at radius 2 is 1.64 bits per heavy atom. The molecule has 136 valence electrons. The highest BCUT2D eigenvalue weighted by molar-refractivity contribution is 6.34. The maximum absolute atomic E-state index is 13.7. The van der Waals surface area contributed by atoms with E-state index in [-0.39, 0.29) is 0 Å². The van der Waals surface area contributed by atoms with Gasteiger partial charge in [-0.25, -0.2) is 8.78 Å². The first kappa shape index (κ1) is 18.8. The van der Waals surface area contributed by atoms with Gasteiger partial charge in [0.15, 0.2) is 0 Å². The zero-order valence-corrected chi connectivity index (χ0v) is 13.8. The van der Waals surface area contributed by atoms with Crippen LogP contribution in [-0.2, 0) is 9.59 Å². The fraction of sp³-hybridized carbons (Fsp3) is 0.438. The highest BCUT2D eigenvalue weighted by Crippen LogP contribution is 2.16. The molecule has 1 heterocycles. The first-order chi connectivity index (χ1) is 11.9. The summed E-state index contributed by atoms with van der Waals surface area (Å²) in [5, 5.41) is 4.71. The van der Waals surface area contributed by atoms with Crippen LogP contribution >= 0.6 is 0 Å². The average molecular weight is 354 g/mol. The van der Waals surface area contributed by atoms with Crippen LogP contribution in [-0.4, -0.2) is 73.8 Å². The van der Waals surface area contributed by atoms with E-state index >= 15 is 0 Å². The highest BCUT2D eigenvalue weighted by atomic mass is 19.1. The van der Waals surface area contributed by atoms with Crippen LogP contribution in [0.3, 0.4) is 0 Å². The van der Waals surface area contributed by atoms with Crippen LogP contribution in [0.15, 0.2) is 18.2 Å². The third-order valence-electron chi connectivity index (χ3n) is 3.98. The SMILES string of the molecule is CNC(=O)C(=O)NCCN1CCN(C(=O)c2c(F)cccc2F)CC1. The molecule has 2 rings (SSSR count). The van der Waals surface area contributed by atoms with Gasteiger partial charge in [0, 0.05) is 46.3 Å². The van der Waals surface area contributed by atoms with E-state index < -0.39 is 34.9 Å². The molecule has 9 heteroatoms. The minimum atomic E-state index is -0.871. The summed E-state index contributed by atoms with van der Waals surface area (Å²) in [6, 6.07) is 3.33. The topological polar surface area (TPSA) is 81.8 Å². The minimum Gasteiger partial charge on any atom is -0.351 e. The van der Waals surface area contributed by atoms with E-state index in [1.807, 2.05) is 4.90 Å². The number of hydrogen-bond donors (Lipinski definition) is 2. The Hall–Kier alpha value is -2.55. The Balaban J connectivity index is 1.81. The normalized spacial score (nSPS) is 14.9. The van der Waals surface area contributed by atoms with Crippen LogP contribution in [0, 0.1) is 11.6 Å². The average Bonchev–Trinajstić information content (AvgIpc) is 2.61. The number of rotatable bonds is 4. The molecular formula is C16H20F2N4O3. The van der Waals surface area contributed by atoms with Gasteiger partial charge in [0.1, 0.15) is 17.2 Å². The summed E-state index contributed by atoms with van der Waals surface area (Å²) in [7, 11) is 1.37. The molecule has 1 aliphatic rings. The number of nitrogens with one attached hydrogen (secondary N) is 2. The summed E-state index contributed by atoms with van der Waals surface area (Å²) in [6.07, 6.45) is 0. The summed E-state index contributed by atoms with van der Waals surface area (Å²) < 4.78 is 27.4. The lowest BCUT2D eigenvalue weighted by molar-refractivity contribution is -0.138. The predicted octanol–water partition coefficient (Wildman–Crippen LogP) is -0.415. The Kier molecular flexibility index (Phi) is 6.40. The van der Waals surface area contributed by atoms with Crippen LogP contribution in [0.4, 0.5) is 8.78 Å². The van der Waals surface area contributed by atoms with E-state index in [1.54, 1.807) is 0 Å². The minimum absolute atomic E-state index is 0.294. The number of hydrogen-bond acceptors (Lipinski definition) is 4. The fourth-order valence-corrected chi connectivity index (χ4v) is 2.56. The quantitative estimate of drug-likeness (QED) is 0.720. The zero-order valence-electron chi connectivity index (χ0n) is 13.8. The molecule has 0 aliphatic carbocycles. The van der Waals surface area contributed by atoms with Crippen molar-refractivity contribution in [3.63, 3.8) is 0 Å². The second kappa shape index (κ2) is 8.52. The number of halogens is 2. The van der Waals surface area contributed by atoms with Gasteiger partial charge >= 0.3 is 11.8 Å². The van der Waals surface area contributed by atoms with Crippen molar-refractivity contribution < 1.29 is 23.2 Å². The van der Waals surface area contributed by atoms with Gasteiger partial charge in [-0.05, 0) is 12.1 Å². The Labute approximate surface area is 144 Å². The molecule has 0 saturated carbocycles. The molecule has 0 bridgehead atoms. The van der Waals surface area contributed by atoms with Crippen molar-refractivity contribution in [2.24, 2.45) is 0 Å². The van der Waals surface area contributed by atoms with E-state index in [0.717, 1.165) is 12.1 Å². The molecule has 1 aromatic carbocycles. The second-order valence-corrected chi connectivity index (χ2v) is 5.57. The molecule has 0 unspecified atom stereocenters.